The molecule has 3 heterocycles. The van der Waals surface area contributed by atoms with Crippen LogP contribution in [0.15, 0.2) is 48.8 Å². The van der Waals surface area contributed by atoms with Crippen LogP contribution in [0, 0.1) is 13.8 Å². The van der Waals surface area contributed by atoms with Gasteiger partial charge in [-0.1, -0.05) is 6.07 Å². The fraction of sp³-hybridized carbons (Fsp3) is 0.273. The summed E-state index contributed by atoms with van der Waals surface area (Å²) in [6.45, 7) is 4.67. The molecule has 4 rings (SSSR count). The van der Waals surface area contributed by atoms with Crippen molar-refractivity contribution in [1.82, 2.24) is 20.1 Å². The zero-order chi connectivity index (χ0) is 20.4. The molecule has 1 fully saturated rings. The van der Waals surface area contributed by atoms with E-state index in [1.165, 1.54) is 6.20 Å². The van der Waals surface area contributed by atoms with E-state index in [-0.39, 0.29) is 17.9 Å². The summed E-state index contributed by atoms with van der Waals surface area (Å²) < 4.78 is 0. The zero-order valence-corrected chi connectivity index (χ0v) is 16.5. The number of nitrogens with zero attached hydrogens (tertiary/aromatic N) is 3. The number of rotatable bonds is 4. The maximum atomic E-state index is 13.3. The van der Waals surface area contributed by atoms with Gasteiger partial charge < -0.3 is 10.2 Å². The minimum Gasteiger partial charge on any atom is -0.331 e. The van der Waals surface area contributed by atoms with E-state index in [0.717, 1.165) is 29.8 Å². The van der Waals surface area contributed by atoms with Crippen LogP contribution in [-0.4, -0.2) is 38.4 Å². The molecule has 7 heteroatoms. The topological polar surface area (TPSA) is 91.0 Å². The number of hydrogen-bond acceptors (Lipinski definition) is 4. The Labute approximate surface area is 169 Å². The van der Waals surface area contributed by atoms with Gasteiger partial charge in [-0.05, 0) is 57.0 Å². The van der Waals surface area contributed by atoms with E-state index in [1.54, 1.807) is 42.6 Å². The lowest BCUT2D eigenvalue weighted by atomic mass is 10.0. The molecular formula is C22H23N5O2. The third-order valence-corrected chi connectivity index (χ3v) is 5.32. The molecule has 0 unspecified atom stereocenters. The van der Waals surface area contributed by atoms with Crippen LogP contribution in [0.2, 0.25) is 0 Å². The second-order valence-electron chi connectivity index (χ2n) is 7.28. The van der Waals surface area contributed by atoms with E-state index in [1.807, 2.05) is 18.7 Å². The largest absolute Gasteiger partial charge is 0.331 e. The van der Waals surface area contributed by atoms with Crippen LogP contribution in [0.1, 0.15) is 56.6 Å². The summed E-state index contributed by atoms with van der Waals surface area (Å²) >= 11 is 0. The molecule has 2 N–H and O–H groups in total. The fourth-order valence-electron chi connectivity index (χ4n) is 3.96. The highest BCUT2D eigenvalue weighted by molar-refractivity contribution is 6.05. The second kappa shape index (κ2) is 7.87. The lowest BCUT2D eigenvalue weighted by Gasteiger charge is -2.25. The maximum absolute atomic E-state index is 13.3. The number of aromatic amines is 1. The molecule has 0 saturated carbocycles. The average Bonchev–Trinajstić information content (AvgIpc) is 3.34. The van der Waals surface area contributed by atoms with Crippen molar-refractivity contribution in [3.8, 4) is 0 Å². The minimum atomic E-state index is -0.258. The lowest BCUT2D eigenvalue weighted by molar-refractivity contribution is 0.0735. The summed E-state index contributed by atoms with van der Waals surface area (Å²) in [4.78, 5) is 31.5. The third-order valence-electron chi connectivity index (χ3n) is 5.32. The van der Waals surface area contributed by atoms with Crippen LogP contribution >= 0.6 is 0 Å². The Morgan fingerprint density at radius 1 is 1.17 bits per heavy atom. The zero-order valence-electron chi connectivity index (χ0n) is 16.5. The van der Waals surface area contributed by atoms with Gasteiger partial charge in [-0.15, -0.1) is 0 Å². The van der Waals surface area contributed by atoms with Crippen molar-refractivity contribution < 1.29 is 9.59 Å². The molecule has 1 saturated heterocycles. The van der Waals surface area contributed by atoms with E-state index < -0.39 is 0 Å². The SMILES string of the molecule is Cc1n[nH]c(C)c1[C@@H]1CCCN1C(=O)c1cccc(NC(=O)c2cccnc2)c1. The summed E-state index contributed by atoms with van der Waals surface area (Å²) in [7, 11) is 0. The first-order valence-corrected chi connectivity index (χ1v) is 9.68. The Hall–Kier alpha value is -3.48. The number of amides is 2. The van der Waals surface area contributed by atoms with E-state index >= 15 is 0 Å². The molecular weight excluding hydrogens is 366 g/mol. The Morgan fingerprint density at radius 3 is 2.72 bits per heavy atom. The van der Waals surface area contributed by atoms with E-state index in [9.17, 15) is 9.59 Å². The molecule has 0 spiro atoms. The lowest BCUT2D eigenvalue weighted by Crippen LogP contribution is -2.31. The number of carbonyl (C=O) groups excluding carboxylic acids is 2. The van der Waals surface area contributed by atoms with Crippen molar-refractivity contribution in [3.05, 3.63) is 76.9 Å². The number of nitrogens with one attached hydrogen (secondary N) is 2. The summed E-state index contributed by atoms with van der Waals surface area (Å²) in [5, 5.41) is 10.1. The number of H-pyrrole nitrogens is 1. The van der Waals surface area contributed by atoms with Gasteiger partial charge in [0.25, 0.3) is 11.8 Å². The molecule has 3 aromatic rings. The van der Waals surface area contributed by atoms with Gasteiger partial charge in [-0.25, -0.2) is 0 Å². The number of benzene rings is 1. The summed E-state index contributed by atoms with van der Waals surface area (Å²) in [5.74, 6) is -0.295. The number of aryl methyl sites for hydroxylation is 2. The predicted octanol–water partition coefficient (Wildman–Crippen LogP) is 3.65. The first-order valence-electron chi connectivity index (χ1n) is 9.68. The van der Waals surface area contributed by atoms with Crippen molar-refractivity contribution in [2.75, 3.05) is 11.9 Å². The second-order valence-corrected chi connectivity index (χ2v) is 7.28. The Kier molecular flexibility index (Phi) is 5.12. The van der Waals surface area contributed by atoms with Crippen molar-refractivity contribution in [3.63, 3.8) is 0 Å². The molecule has 29 heavy (non-hydrogen) atoms. The molecule has 148 valence electrons. The molecule has 7 nitrogen and oxygen atoms in total. The van der Waals surface area contributed by atoms with Gasteiger partial charge >= 0.3 is 0 Å². The van der Waals surface area contributed by atoms with Crippen molar-refractivity contribution in [1.29, 1.82) is 0 Å². The standard InChI is InChI=1S/C22H23N5O2/c1-14-20(15(2)26-25-14)19-9-5-11-27(19)22(29)16-6-3-8-18(12-16)24-21(28)17-7-4-10-23-13-17/h3-4,6-8,10,12-13,19H,5,9,11H2,1-2H3,(H,24,28)(H,25,26)/t19-/m0/s1. The average molecular weight is 389 g/mol. The Balaban J connectivity index is 1.55. The van der Waals surface area contributed by atoms with Gasteiger partial charge in [0, 0.05) is 41.4 Å². The monoisotopic (exact) mass is 389 g/mol. The minimum absolute atomic E-state index is 0.0230. The summed E-state index contributed by atoms with van der Waals surface area (Å²) in [6, 6.07) is 10.5. The molecule has 2 aromatic heterocycles. The van der Waals surface area contributed by atoms with Gasteiger partial charge in [0.15, 0.2) is 0 Å². The van der Waals surface area contributed by atoms with E-state index in [4.69, 9.17) is 0 Å². The molecule has 0 radical (unpaired) electrons. The fourth-order valence-corrected chi connectivity index (χ4v) is 3.96. The molecule has 1 atom stereocenters. The van der Waals surface area contributed by atoms with E-state index in [2.05, 4.69) is 20.5 Å². The number of pyridine rings is 1. The third kappa shape index (κ3) is 3.76. The first-order chi connectivity index (χ1) is 14.0. The van der Waals surface area contributed by atoms with Gasteiger partial charge in [0.05, 0.1) is 17.3 Å². The number of hydrogen-bond donors (Lipinski definition) is 2. The van der Waals surface area contributed by atoms with Crippen LogP contribution in [-0.2, 0) is 0 Å². The number of likely N-dealkylation sites (tertiary alicyclic amines) is 1. The van der Waals surface area contributed by atoms with E-state index in [0.29, 0.717) is 23.4 Å². The van der Waals surface area contributed by atoms with Gasteiger partial charge in [0.2, 0.25) is 0 Å². The normalized spacial score (nSPS) is 16.1. The highest BCUT2D eigenvalue weighted by Crippen LogP contribution is 2.36. The van der Waals surface area contributed by atoms with Gasteiger partial charge in [0.1, 0.15) is 0 Å². The molecule has 2 amide bonds. The molecule has 0 bridgehead atoms. The molecule has 1 aliphatic heterocycles. The van der Waals surface area contributed by atoms with Crippen LogP contribution in [0.25, 0.3) is 0 Å². The Bertz CT molecular complexity index is 1020. The van der Waals surface area contributed by atoms with Crippen LogP contribution in [0.3, 0.4) is 0 Å². The number of carbonyl (C=O) groups is 2. The van der Waals surface area contributed by atoms with Gasteiger partial charge in [-0.2, -0.15) is 5.10 Å². The molecule has 1 aromatic carbocycles. The maximum Gasteiger partial charge on any atom is 0.257 e. The smallest absolute Gasteiger partial charge is 0.257 e. The predicted molar refractivity (Wildman–Crippen MR) is 110 cm³/mol. The van der Waals surface area contributed by atoms with Crippen LogP contribution in [0.4, 0.5) is 5.69 Å². The quantitative estimate of drug-likeness (QED) is 0.713. The van der Waals surface area contributed by atoms with Gasteiger partial charge in [-0.3, -0.25) is 19.7 Å². The molecule has 0 aliphatic carbocycles. The summed E-state index contributed by atoms with van der Waals surface area (Å²) in [6.07, 6.45) is 5.00. The van der Waals surface area contributed by atoms with Crippen molar-refractivity contribution >= 4 is 17.5 Å². The highest BCUT2D eigenvalue weighted by atomic mass is 16.2. The first kappa shape index (κ1) is 18.9. The number of aromatic nitrogens is 3. The Morgan fingerprint density at radius 2 is 2.00 bits per heavy atom. The number of anilines is 1. The molecule has 1 aliphatic rings. The van der Waals surface area contributed by atoms with Crippen LogP contribution in [0.5, 0.6) is 0 Å². The summed E-state index contributed by atoms with van der Waals surface area (Å²) in [5.41, 5.74) is 4.65. The van der Waals surface area contributed by atoms with Crippen molar-refractivity contribution in [2.24, 2.45) is 0 Å². The van der Waals surface area contributed by atoms with Crippen LogP contribution < -0.4 is 5.32 Å². The van der Waals surface area contributed by atoms with Crippen molar-refractivity contribution in [2.45, 2.75) is 32.7 Å². The highest BCUT2D eigenvalue weighted by Gasteiger charge is 2.33.